The first kappa shape index (κ1) is 12.7. The lowest BCUT2D eigenvalue weighted by atomic mass is 10.0. The van der Waals surface area contributed by atoms with E-state index in [2.05, 4.69) is 0 Å². The van der Waals surface area contributed by atoms with Crippen LogP contribution in [0.25, 0.3) is 11.1 Å². The first-order valence-electron chi connectivity index (χ1n) is 5.01. The number of carboxylic acids is 1. The van der Waals surface area contributed by atoms with E-state index in [9.17, 15) is 9.90 Å². The number of rotatable bonds is 2. The fourth-order valence-electron chi connectivity index (χ4n) is 1.62. The lowest BCUT2D eigenvalue weighted by Crippen LogP contribution is -1.96. The molecule has 0 bridgehead atoms. The predicted molar refractivity (Wildman–Crippen MR) is 70.5 cm³/mol. The van der Waals surface area contributed by atoms with E-state index in [0.29, 0.717) is 21.2 Å². The van der Waals surface area contributed by atoms with Gasteiger partial charge >= 0.3 is 5.97 Å². The van der Waals surface area contributed by atoms with Crippen LogP contribution in [-0.2, 0) is 0 Å². The minimum atomic E-state index is -1.12. The van der Waals surface area contributed by atoms with Crippen LogP contribution in [-0.4, -0.2) is 16.2 Å². The van der Waals surface area contributed by atoms with Crippen molar-refractivity contribution in [2.75, 3.05) is 0 Å². The number of phenols is 1. The van der Waals surface area contributed by atoms with Crippen molar-refractivity contribution >= 4 is 29.2 Å². The van der Waals surface area contributed by atoms with Crippen LogP contribution in [0.5, 0.6) is 5.75 Å². The van der Waals surface area contributed by atoms with E-state index in [1.807, 2.05) is 0 Å². The normalized spacial score (nSPS) is 10.3. The lowest BCUT2D eigenvalue weighted by molar-refractivity contribution is 0.0696. The molecule has 0 heterocycles. The van der Waals surface area contributed by atoms with Crippen molar-refractivity contribution in [2.45, 2.75) is 0 Å². The Morgan fingerprint density at radius 1 is 1.11 bits per heavy atom. The van der Waals surface area contributed by atoms with Crippen molar-refractivity contribution in [3.63, 3.8) is 0 Å². The van der Waals surface area contributed by atoms with Crippen LogP contribution in [0.1, 0.15) is 10.4 Å². The number of carbonyl (C=O) groups is 1. The fourth-order valence-corrected chi connectivity index (χ4v) is 2.03. The number of hydrogen-bond donors (Lipinski definition) is 2. The molecule has 18 heavy (non-hydrogen) atoms. The highest BCUT2D eigenvalue weighted by molar-refractivity contribution is 6.43. The van der Waals surface area contributed by atoms with Gasteiger partial charge in [0.1, 0.15) is 5.75 Å². The minimum absolute atomic E-state index is 0.0129. The zero-order chi connectivity index (χ0) is 13.3. The van der Waals surface area contributed by atoms with Crippen LogP contribution in [0.2, 0.25) is 10.0 Å². The van der Waals surface area contributed by atoms with Gasteiger partial charge in [0.25, 0.3) is 0 Å². The van der Waals surface area contributed by atoms with E-state index in [1.54, 1.807) is 18.2 Å². The molecule has 0 spiro atoms. The maximum atomic E-state index is 10.9. The van der Waals surface area contributed by atoms with Crippen molar-refractivity contribution < 1.29 is 15.0 Å². The van der Waals surface area contributed by atoms with Gasteiger partial charge in [-0.3, -0.25) is 0 Å². The van der Waals surface area contributed by atoms with E-state index in [1.165, 1.54) is 18.2 Å². The largest absolute Gasteiger partial charge is 0.508 e. The molecule has 0 radical (unpaired) electrons. The average molecular weight is 283 g/mol. The van der Waals surface area contributed by atoms with Gasteiger partial charge in [0.15, 0.2) is 0 Å². The molecule has 3 nitrogen and oxygen atoms in total. The van der Waals surface area contributed by atoms with E-state index >= 15 is 0 Å². The van der Waals surface area contributed by atoms with Gasteiger partial charge in [0, 0.05) is 5.56 Å². The molecule has 0 aliphatic rings. The molecule has 0 saturated carbocycles. The summed E-state index contributed by atoms with van der Waals surface area (Å²) in [7, 11) is 0. The second-order valence-electron chi connectivity index (χ2n) is 3.68. The third kappa shape index (κ3) is 2.42. The third-order valence-electron chi connectivity index (χ3n) is 2.43. The predicted octanol–water partition coefficient (Wildman–Crippen LogP) is 4.06. The lowest BCUT2D eigenvalue weighted by Gasteiger charge is -2.07. The van der Waals surface area contributed by atoms with Gasteiger partial charge in [-0.1, -0.05) is 35.3 Å². The van der Waals surface area contributed by atoms with Gasteiger partial charge in [0.05, 0.1) is 15.6 Å². The van der Waals surface area contributed by atoms with Crippen LogP contribution in [0.4, 0.5) is 0 Å². The Bertz CT molecular complexity index is 624. The van der Waals surface area contributed by atoms with Gasteiger partial charge < -0.3 is 10.2 Å². The summed E-state index contributed by atoms with van der Waals surface area (Å²) in [4.78, 5) is 10.9. The topological polar surface area (TPSA) is 57.5 Å². The van der Waals surface area contributed by atoms with E-state index in [0.717, 1.165) is 0 Å². The Morgan fingerprint density at radius 2 is 1.83 bits per heavy atom. The van der Waals surface area contributed by atoms with Crippen molar-refractivity contribution in [3.8, 4) is 16.9 Å². The second kappa shape index (κ2) is 4.88. The van der Waals surface area contributed by atoms with Gasteiger partial charge in [0.2, 0.25) is 0 Å². The zero-order valence-corrected chi connectivity index (χ0v) is 10.5. The monoisotopic (exact) mass is 282 g/mol. The van der Waals surface area contributed by atoms with Gasteiger partial charge in [-0.15, -0.1) is 0 Å². The summed E-state index contributed by atoms with van der Waals surface area (Å²) in [6.07, 6.45) is 0. The maximum Gasteiger partial charge on any atom is 0.335 e. The van der Waals surface area contributed by atoms with Gasteiger partial charge in [-0.2, -0.15) is 0 Å². The van der Waals surface area contributed by atoms with Crippen molar-refractivity contribution in [1.82, 2.24) is 0 Å². The number of hydrogen-bond acceptors (Lipinski definition) is 2. The van der Waals surface area contributed by atoms with Crippen LogP contribution in [0.3, 0.4) is 0 Å². The molecule has 2 aromatic carbocycles. The number of aromatic hydroxyl groups is 1. The van der Waals surface area contributed by atoms with Crippen molar-refractivity contribution in [2.24, 2.45) is 0 Å². The molecule has 0 aromatic heterocycles. The molecular formula is C13H8Cl2O3. The summed E-state index contributed by atoms with van der Waals surface area (Å²) in [5.74, 6) is -1.26. The number of benzene rings is 2. The summed E-state index contributed by atoms with van der Waals surface area (Å²) in [6, 6.07) is 9.07. The first-order chi connectivity index (χ1) is 8.49. The van der Waals surface area contributed by atoms with Crippen LogP contribution in [0, 0.1) is 0 Å². The Morgan fingerprint density at radius 3 is 2.50 bits per heavy atom. The number of halogens is 2. The van der Waals surface area contributed by atoms with Crippen LogP contribution >= 0.6 is 23.2 Å². The van der Waals surface area contributed by atoms with Crippen molar-refractivity contribution in [3.05, 3.63) is 52.0 Å². The molecule has 0 aliphatic heterocycles. The molecule has 0 amide bonds. The minimum Gasteiger partial charge on any atom is -0.508 e. The average Bonchev–Trinajstić information content (AvgIpc) is 2.31. The molecule has 0 unspecified atom stereocenters. The molecular weight excluding hydrogens is 275 g/mol. The van der Waals surface area contributed by atoms with Gasteiger partial charge in [-0.05, 0) is 29.8 Å². The third-order valence-corrected chi connectivity index (χ3v) is 3.25. The van der Waals surface area contributed by atoms with Crippen molar-refractivity contribution in [1.29, 1.82) is 0 Å². The standard InChI is InChI=1S/C13H8Cl2O3/c14-11-3-1-2-10(12(11)15)7-4-8(13(17)18)6-9(16)5-7/h1-6,16H,(H,17,18). The van der Waals surface area contributed by atoms with E-state index in [-0.39, 0.29) is 11.3 Å². The summed E-state index contributed by atoms with van der Waals surface area (Å²) in [6.45, 7) is 0. The molecule has 2 aromatic rings. The highest BCUT2D eigenvalue weighted by Crippen LogP contribution is 2.35. The second-order valence-corrected chi connectivity index (χ2v) is 4.46. The number of carboxylic acid groups (broad SMARTS) is 1. The SMILES string of the molecule is O=C(O)c1cc(O)cc(-c2cccc(Cl)c2Cl)c1. The van der Waals surface area contributed by atoms with E-state index < -0.39 is 5.97 Å². The molecule has 0 aliphatic carbocycles. The molecule has 5 heteroatoms. The van der Waals surface area contributed by atoms with E-state index in [4.69, 9.17) is 28.3 Å². The smallest absolute Gasteiger partial charge is 0.335 e. The molecule has 92 valence electrons. The Kier molecular flexibility index (Phi) is 3.45. The number of phenolic OH excluding ortho intramolecular Hbond substituents is 1. The first-order valence-corrected chi connectivity index (χ1v) is 5.76. The fraction of sp³-hybridized carbons (Fsp3) is 0. The van der Waals surface area contributed by atoms with Gasteiger partial charge in [-0.25, -0.2) is 4.79 Å². The summed E-state index contributed by atoms with van der Waals surface area (Å²) >= 11 is 11.9. The Labute approximate surface area is 113 Å². The Hall–Kier alpha value is -1.71. The highest BCUT2D eigenvalue weighted by Gasteiger charge is 2.11. The zero-order valence-electron chi connectivity index (χ0n) is 9.02. The molecule has 0 atom stereocenters. The number of aromatic carboxylic acids is 1. The highest BCUT2D eigenvalue weighted by atomic mass is 35.5. The summed E-state index contributed by atoms with van der Waals surface area (Å²) in [5.41, 5.74) is 1.06. The molecule has 2 N–H and O–H groups in total. The molecule has 0 fully saturated rings. The maximum absolute atomic E-state index is 10.9. The quantitative estimate of drug-likeness (QED) is 0.873. The molecule has 0 saturated heterocycles. The summed E-state index contributed by atoms with van der Waals surface area (Å²) in [5, 5.41) is 19.1. The van der Waals surface area contributed by atoms with Crippen LogP contribution < -0.4 is 0 Å². The Balaban J connectivity index is 2.64. The summed E-state index contributed by atoms with van der Waals surface area (Å²) < 4.78 is 0. The van der Waals surface area contributed by atoms with Crippen LogP contribution in [0.15, 0.2) is 36.4 Å². The molecule has 2 rings (SSSR count).